The molecule has 0 unspecified atom stereocenters. The zero-order valence-electron chi connectivity index (χ0n) is 6.69. The summed E-state index contributed by atoms with van der Waals surface area (Å²) in [4.78, 5) is 10.8. The molecule has 4 N–H and O–H groups in total. The zero-order chi connectivity index (χ0) is 9.78. The van der Waals surface area contributed by atoms with Crippen LogP contribution in [0, 0.1) is 0 Å². The quantitative estimate of drug-likeness (QED) is 0.513. The van der Waals surface area contributed by atoms with Crippen molar-refractivity contribution in [2.45, 2.75) is 13.0 Å². The van der Waals surface area contributed by atoms with Crippen molar-refractivity contribution in [3.8, 4) is 0 Å². The lowest BCUT2D eigenvalue weighted by Crippen LogP contribution is -2.40. The highest BCUT2D eigenvalue weighted by molar-refractivity contribution is 7.89. The molecule has 6 nitrogen and oxygen atoms in total. The van der Waals surface area contributed by atoms with Crippen molar-refractivity contribution in [2.24, 2.45) is 10.9 Å². The van der Waals surface area contributed by atoms with Crippen LogP contribution in [0.5, 0.6) is 0 Å². The van der Waals surface area contributed by atoms with Crippen molar-refractivity contribution in [3.63, 3.8) is 0 Å². The Hall–Kier alpha value is -0.660. The van der Waals surface area contributed by atoms with E-state index in [1.165, 1.54) is 0 Å². The van der Waals surface area contributed by atoms with Gasteiger partial charge in [-0.15, -0.1) is 0 Å². The third-order valence-electron chi connectivity index (χ3n) is 1.00. The van der Waals surface area contributed by atoms with E-state index in [1.54, 1.807) is 6.92 Å². The summed E-state index contributed by atoms with van der Waals surface area (Å²) < 4.78 is 25.3. The molecule has 7 heteroatoms. The van der Waals surface area contributed by atoms with Crippen LogP contribution >= 0.6 is 0 Å². The van der Waals surface area contributed by atoms with Crippen molar-refractivity contribution < 1.29 is 17.9 Å². The standard InChI is InChI=1S/C5H12N2O4S/c1-2-11-5(8)4(6)3-12(7,9)10/h4H,2-3,6H2,1H3,(H2,7,9,10)/t4-/m1/s1. The number of rotatable bonds is 4. The summed E-state index contributed by atoms with van der Waals surface area (Å²) in [6.45, 7) is 1.76. The van der Waals surface area contributed by atoms with E-state index in [0.29, 0.717) is 0 Å². The number of ether oxygens (including phenoxy) is 1. The van der Waals surface area contributed by atoms with E-state index in [2.05, 4.69) is 9.88 Å². The molecule has 0 heterocycles. The lowest BCUT2D eigenvalue weighted by atomic mass is 10.4. The average molecular weight is 196 g/mol. The number of primary sulfonamides is 1. The average Bonchev–Trinajstić information content (AvgIpc) is 1.84. The molecule has 0 bridgehead atoms. The molecular formula is C5H12N2O4S. The molecular weight excluding hydrogens is 184 g/mol. The summed E-state index contributed by atoms with van der Waals surface area (Å²) in [5, 5.41) is 4.65. The van der Waals surface area contributed by atoms with Gasteiger partial charge in [-0.25, -0.2) is 13.6 Å². The van der Waals surface area contributed by atoms with Crippen LogP contribution in [0.1, 0.15) is 6.92 Å². The predicted molar refractivity (Wildman–Crippen MR) is 42.6 cm³/mol. The molecule has 0 spiro atoms. The zero-order valence-corrected chi connectivity index (χ0v) is 7.50. The molecule has 0 aromatic heterocycles. The maximum atomic E-state index is 10.8. The van der Waals surface area contributed by atoms with E-state index >= 15 is 0 Å². The van der Waals surface area contributed by atoms with E-state index in [9.17, 15) is 13.2 Å². The van der Waals surface area contributed by atoms with Crippen molar-refractivity contribution in [1.29, 1.82) is 0 Å². The second kappa shape index (κ2) is 4.39. The van der Waals surface area contributed by atoms with Gasteiger partial charge in [0.25, 0.3) is 0 Å². The molecule has 0 amide bonds. The number of sulfonamides is 1. The van der Waals surface area contributed by atoms with Gasteiger partial charge in [0.05, 0.1) is 12.4 Å². The number of hydrogen-bond acceptors (Lipinski definition) is 5. The summed E-state index contributed by atoms with van der Waals surface area (Å²) >= 11 is 0. The van der Waals surface area contributed by atoms with Crippen molar-refractivity contribution in [1.82, 2.24) is 0 Å². The predicted octanol–water partition coefficient (Wildman–Crippen LogP) is -1.83. The van der Waals surface area contributed by atoms with Gasteiger partial charge in [-0.05, 0) is 6.92 Å². The highest BCUT2D eigenvalue weighted by Crippen LogP contribution is 1.89. The summed E-state index contributed by atoms with van der Waals surface area (Å²) in [5.41, 5.74) is 5.16. The van der Waals surface area contributed by atoms with Crippen LogP contribution in [0.25, 0.3) is 0 Å². The Kier molecular flexibility index (Phi) is 4.15. The molecule has 12 heavy (non-hydrogen) atoms. The van der Waals surface area contributed by atoms with Gasteiger partial charge in [-0.2, -0.15) is 0 Å². The molecule has 0 aromatic rings. The van der Waals surface area contributed by atoms with Crippen LogP contribution in [0.2, 0.25) is 0 Å². The van der Waals surface area contributed by atoms with Gasteiger partial charge < -0.3 is 10.5 Å². The summed E-state index contributed by atoms with van der Waals surface area (Å²) in [6, 6.07) is -1.19. The van der Waals surface area contributed by atoms with Crippen LogP contribution in [-0.4, -0.2) is 32.8 Å². The highest BCUT2D eigenvalue weighted by Gasteiger charge is 2.19. The fourth-order valence-electron chi connectivity index (χ4n) is 0.568. The van der Waals surface area contributed by atoms with E-state index < -0.39 is 27.8 Å². The van der Waals surface area contributed by atoms with Crippen LogP contribution in [0.15, 0.2) is 0 Å². The maximum Gasteiger partial charge on any atom is 0.324 e. The van der Waals surface area contributed by atoms with E-state index in [1.807, 2.05) is 0 Å². The fourth-order valence-corrected chi connectivity index (χ4v) is 1.20. The minimum absolute atomic E-state index is 0.164. The summed E-state index contributed by atoms with van der Waals surface area (Å²) in [5.74, 6) is -1.35. The molecule has 0 aromatic carbocycles. The molecule has 0 radical (unpaired) electrons. The first-order valence-corrected chi connectivity index (χ1v) is 5.01. The minimum Gasteiger partial charge on any atom is -0.465 e. The van der Waals surface area contributed by atoms with E-state index in [-0.39, 0.29) is 6.61 Å². The van der Waals surface area contributed by atoms with Gasteiger partial charge in [0, 0.05) is 0 Å². The second-order valence-electron chi connectivity index (χ2n) is 2.19. The summed E-state index contributed by atoms with van der Waals surface area (Å²) in [7, 11) is -3.71. The Labute approximate surface area is 70.9 Å². The smallest absolute Gasteiger partial charge is 0.324 e. The van der Waals surface area contributed by atoms with Gasteiger partial charge in [0.15, 0.2) is 0 Å². The maximum absolute atomic E-state index is 10.8. The first-order valence-electron chi connectivity index (χ1n) is 3.29. The number of esters is 1. The third kappa shape index (κ3) is 5.05. The fraction of sp³-hybridized carbons (Fsp3) is 0.800. The molecule has 1 atom stereocenters. The third-order valence-corrected chi connectivity index (χ3v) is 1.82. The van der Waals surface area contributed by atoms with Crippen LogP contribution in [0.3, 0.4) is 0 Å². The first kappa shape index (κ1) is 11.3. The lowest BCUT2D eigenvalue weighted by Gasteiger charge is -2.07. The Morgan fingerprint density at radius 3 is 2.42 bits per heavy atom. The Morgan fingerprint density at radius 1 is 1.58 bits per heavy atom. The number of carbonyl (C=O) groups is 1. The second-order valence-corrected chi connectivity index (χ2v) is 3.85. The van der Waals surface area contributed by atoms with Gasteiger partial charge in [-0.3, -0.25) is 4.79 Å². The van der Waals surface area contributed by atoms with Gasteiger partial charge >= 0.3 is 5.97 Å². The highest BCUT2D eigenvalue weighted by atomic mass is 32.2. The van der Waals surface area contributed by atoms with Gasteiger partial charge in [0.2, 0.25) is 10.0 Å². The van der Waals surface area contributed by atoms with Gasteiger partial charge in [-0.1, -0.05) is 0 Å². The SMILES string of the molecule is CCOC(=O)[C@H](N)CS(N)(=O)=O. The van der Waals surface area contributed by atoms with Crippen LogP contribution < -0.4 is 10.9 Å². The molecule has 72 valence electrons. The minimum atomic E-state index is -3.71. The van der Waals surface area contributed by atoms with Crippen molar-refractivity contribution >= 4 is 16.0 Å². The normalized spacial score (nSPS) is 13.9. The summed E-state index contributed by atoms with van der Waals surface area (Å²) in [6.07, 6.45) is 0. The number of carbonyl (C=O) groups excluding carboxylic acids is 1. The van der Waals surface area contributed by atoms with Crippen molar-refractivity contribution in [3.05, 3.63) is 0 Å². The molecule has 0 saturated carbocycles. The largest absolute Gasteiger partial charge is 0.465 e. The first-order chi connectivity index (χ1) is 5.37. The van der Waals surface area contributed by atoms with Crippen LogP contribution in [0.4, 0.5) is 0 Å². The Balaban J connectivity index is 4.05. The molecule has 0 aliphatic rings. The van der Waals surface area contributed by atoms with E-state index in [0.717, 1.165) is 0 Å². The van der Waals surface area contributed by atoms with Crippen molar-refractivity contribution in [2.75, 3.05) is 12.4 Å². The molecule has 0 fully saturated rings. The molecule has 0 aliphatic carbocycles. The lowest BCUT2D eigenvalue weighted by molar-refractivity contribution is -0.144. The topological polar surface area (TPSA) is 112 Å². The molecule has 0 aliphatic heterocycles. The Morgan fingerprint density at radius 2 is 2.08 bits per heavy atom. The van der Waals surface area contributed by atoms with Gasteiger partial charge in [0.1, 0.15) is 6.04 Å². The van der Waals surface area contributed by atoms with E-state index in [4.69, 9.17) is 5.73 Å². The molecule has 0 rings (SSSR count). The monoisotopic (exact) mass is 196 g/mol. The van der Waals surface area contributed by atoms with Crippen LogP contribution in [-0.2, 0) is 19.6 Å². The molecule has 0 saturated heterocycles. The number of hydrogen-bond donors (Lipinski definition) is 2. The number of nitrogens with two attached hydrogens (primary N) is 2. The Bertz CT molecular complexity index is 248.